The van der Waals surface area contributed by atoms with E-state index in [0.717, 1.165) is 11.8 Å². The fraction of sp³-hybridized carbons (Fsp3) is 0.0909. The lowest BCUT2D eigenvalue weighted by Crippen LogP contribution is -2.01. The number of hydrogen-bond donors (Lipinski definition) is 0. The largest absolute Gasteiger partial charge is 0.497 e. The van der Waals surface area contributed by atoms with Crippen LogP contribution in [0.5, 0.6) is 17.2 Å². The van der Waals surface area contributed by atoms with E-state index >= 15 is 0 Å². The Morgan fingerprint density at radius 2 is 1.35 bits per heavy atom. The molecule has 130 valence electrons. The number of carbonyl (C=O) groups excluding carboxylic acids is 2. The topological polar surface area (TPSA) is 52.6 Å². The van der Waals surface area contributed by atoms with Gasteiger partial charge in [-0.2, -0.15) is 0 Å². The van der Waals surface area contributed by atoms with Gasteiger partial charge in [0.2, 0.25) is 0 Å². The molecule has 0 radical (unpaired) electrons. The number of aldehydes is 1. The van der Waals surface area contributed by atoms with Crippen molar-refractivity contribution in [2.45, 2.75) is 6.92 Å². The van der Waals surface area contributed by atoms with Crippen LogP contribution in [0.2, 0.25) is 0 Å². The Morgan fingerprint density at radius 1 is 0.808 bits per heavy atom. The van der Waals surface area contributed by atoms with Gasteiger partial charge in [-0.1, -0.05) is 6.07 Å². The summed E-state index contributed by atoms with van der Waals surface area (Å²) in [6.07, 6.45) is 0.804. The van der Waals surface area contributed by atoms with Crippen LogP contribution in [0, 0.1) is 6.92 Å². The fourth-order valence-electron chi connectivity index (χ4n) is 2.53. The zero-order valence-corrected chi connectivity index (χ0v) is 14.6. The summed E-state index contributed by atoms with van der Waals surface area (Å²) in [4.78, 5) is 23.5. The lowest BCUT2D eigenvalue weighted by Gasteiger charge is -2.08. The van der Waals surface area contributed by atoms with E-state index in [9.17, 15) is 9.59 Å². The second kappa shape index (κ2) is 7.66. The highest BCUT2D eigenvalue weighted by molar-refractivity contribution is 6.09. The Balaban J connectivity index is 1.75. The van der Waals surface area contributed by atoms with Crippen molar-refractivity contribution in [1.29, 1.82) is 0 Å². The van der Waals surface area contributed by atoms with Crippen LogP contribution >= 0.6 is 0 Å². The molecule has 3 aromatic rings. The zero-order chi connectivity index (χ0) is 18.5. The molecule has 0 bridgehead atoms. The molecule has 0 fully saturated rings. The molecule has 3 rings (SSSR count). The number of benzene rings is 3. The summed E-state index contributed by atoms with van der Waals surface area (Å²) in [5, 5.41) is 0. The van der Waals surface area contributed by atoms with Gasteiger partial charge >= 0.3 is 0 Å². The van der Waals surface area contributed by atoms with Gasteiger partial charge in [0, 0.05) is 16.7 Å². The van der Waals surface area contributed by atoms with Crippen molar-refractivity contribution in [3.05, 3.63) is 89.0 Å². The normalized spacial score (nSPS) is 10.2. The minimum atomic E-state index is -0.0715. The van der Waals surface area contributed by atoms with Gasteiger partial charge in [0.05, 0.1) is 7.11 Å². The summed E-state index contributed by atoms with van der Waals surface area (Å²) in [6.45, 7) is 1.87. The maximum Gasteiger partial charge on any atom is 0.193 e. The van der Waals surface area contributed by atoms with Crippen LogP contribution in [0.3, 0.4) is 0 Å². The third kappa shape index (κ3) is 3.81. The summed E-state index contributed by atoms with van der Waals surface area (Å²) in [5.41, 5.74) is 2.65. The minimum Gasteiger partial charge on any atom is -0.497 e. The van der Waals surface area contributed by atoms with Gasteiger partial charge in [0.1, 0.15) is 23.5 Å². The Kier molecular flexibility index (Phi) is 5.13. The van der Waals surface area contributed by atoms with Crippen molar-refractivity contribution < 1.29 is 19.1 Å². The average Bonchev–Trinajstić information content (AvgIpc) is 2.69. The first-order valence-corrected chi connectivity index (χ1v) is 8.13. The number of rotatable bonds is 6. The van der Waals surface area contributed by atoms with E-state index in [1.807, 2.05) is 13.0 Å². The van der Waals surface area contributed by atoms with Crippen LogP contribution in [0.25, 0.3) is 0 Å². The lowest BCUT2D eigenvalue weighted by atomic mass is 10.0. The predicted octanol–water partition coefficient (Wildman–Crippen LogP) is 4.84. The lowest BCUT2D eigenvalue weighted by molar-refractivity contribution is 0.103. The van der Waals surface area contributed by atoms with E-state index in [2.05, 4.69) is 0 Å². The van der Waals surface area contributed by atoms with Crippen LogP contribution in [0.1, 0.15) is 31.8 Å². The van der Waals surface area contributed by atoms with Crippen molar-refractivity contribution in [2.24, 2.45) is 0 Å². The van der Waals surface area contributed by atoms with E-state index in [-0.39, 0.29) is 5.78 Å². The van der Waals surface area contributed by atoms with Gasteiger partial charge in [-0.15, -0.1) is 0 Å². The van der Waals surface area contributed by atoms with Crippen LogP contribution in [0.4, 0.5) is 0 Å². The molecule has 0 N–H and O–H groups in total. The molecule has 0 aliphatic carbocycles. The highest BCUT2D eigenvalue weighted by Crippen LogP contribution is 2.24. The van der Waals surface area contributed by atoms with Crippen LogP contribution < -0.4 is 9.47 Å². The minimum absolute atomic E-state index is 0.0715. The quantitative estimate of drug-likeness (QED) is 0.473. The molecular weight excluding hydrogens is 328 g/mol. The summed E-state index contributed by atoms with van der Waals surface area (Å²) < 4.78 is 10.9. The van der Waals surface area contributed by atoms with Gasteiger partial charge in [-0.05, 0) is 73.2 Å². The van der Waals surface area contributed by atoms with Crippen LogP contribution in [-0.2, 0) is 0 Å². The van der Waals surface area contributed by atoms with E-state index in [1.165, 1.54) is 0 Å². The van der Waals surface area contributed by atoms with Crippen LogP contribution in [0.15, 0.2) is 66.7 Å². The molecule has 0 saturated carbocycles. The van der Waals surface area contributed by atoms with Crippen molar-refractivity contribution in [1.82, 2.24) is 0 Å². The first kappa shape index (κ1) is 17.4. The standard InChI is InChI=1S/C22H18O4/c1-15-3-8-21(13-18(15)14-23)26-20-11-6-17(7-12-20)22(24)16-4-9-19(25-2)10-5-16/h3-14H,1-2H3. The predicted molar refractivity (Wildman–Crippen MR) is 99.5 cm³/mol. The second-order valence-corrected chi connectivity index (χ2v) is 5.82. The van der Waals surface area contributed by atoms with Crippen molar-refractivity contribution in [3.63, 3.8) is 0 Å². The third-order valence-corrected chi connectivity index (χ3v) is 4.08. The SMILES string of the molecule is COc1ccc(C(=O)c2ccc(Oc3ccc(C)c(C=O)c3)cc2)cc1. The van der Waals surface area contributed by atoms with Crippen molar-refractivity contribution in [2.75, 3.05) is 7.11 Å². The van der Waals surface area contributed by atoms with Gasteiger partial charge in [0.15, 0.2) is 5.78 Å². The molecule has 0 heterocycles. The Bertz CT molecular complexity index is 925. The molecule has 26 heavy (non-hydrogen) atoms. The van der Waals surface area contributed by atoms with E-state index in [4.69, 9.17) is 9.47 Å². The highest BCUT2D eigenvalue weighted by atomic mass is 16.5. The maximum absolute atomic E-state index is 12.5. The van der Waals surface area contributed by atoms with Gasteiger partial charge in [-0.25, -0.2) is 0 Å². The molecule has 0 unspecified atom stereocenters. The number of methoxy groups -OCH3 is 1. The monoisotopic (exact) mass is 346 g/mol. The molecule has 4 heteroatoms. The van der Waals surface area contributed by atoms with Crippen molar-refractivity contribution >= 4 is 12.1 Å². The first-order chi connectivity index (χ1) is 12.6. The number of ether oxygens (including phenoxy) is 2. The molecule has 0 saturated heterocycles. The summed E-state index contributed by atoms with van der Waals surface area (Å²) in [6, 6.07) is 19.2. The zero-order valence-electron chi connectivity index (χ0n) is 14.6. The second-order valence-electron chi connectivity index (χ2n) is 5.82. The molecule has 0 amide bonds. The van der Waals surface area contributed by atoms with E-state index < -0.39 is 0 Å². The Morgan fingerprint density at radius 3 is 1.88 bits per heavy atom. The van der Waals surface area contributed by atoms with Gasteiger partial charge in [0.25, 0.3) is 0 Å². The summed E-state index contributed by atoms with van der Waals surface area (Å²) in [5.74, 6) is 1.81. The Labute approximate surface area is 152 Å². The average molecular weight is 346 g/mol. The summed E-state index contributed by atoms with van der Waals surface area (Å²) >= 11 is 0. The molecular formula is C22H18O4. The molecule has 4 nitrogen and oxygen atoms in total. The molecule has 0 aromatic heterocycles. The first-order valence-electron chi connectivity index (χ1n) is 8.13. The summed E-state index contributed by atoms with van der Waals surface area (Å²) in [7, 11) is 1.58. The number of hydrogen-bond acceptors (Lipinski definition) is 4. The number of aryl methyl sites for hydroxylation is 1. The molecule has 0 spiro atoms. The number of carbonyl (C=O) groups is 2. The molecule has 0 aliphatic heterocycles. The van der Waals surface area contributed by atoms with E-state index in [1.54, 1.807) is 67.8 Å². The number of ketones is 1. The van der Waals surface area contributed by atoms with Crippen LogP contribution in [-0.4, -0.2) is 19.2 Å². The third-order valence-electron chi connectivity index (χ3n) is 4.08. The Hall–Kier alpha value is -3.40. The maximum atomic E-state index is 12.5. The molecule has 3 aromatic carbocycles. The van der Waals surface area contributed by atoms with Gasteiger partial charge in [-0.3, -0.25) is 9.59 Å². The van der Waals surface area contributed by atoms with Crippen molar-refractivity contribution in [3.8, 4) is 17.2 Å². The highest BCUT2D eigenvalue weighted by Gasteiger charge is 2.10. The molecule has 0 aliphatic rings. The molecule has 0 atom stereocenters. The van der Waals surface area contributed by atoms with E-state index in [0.29, 0.717) is 33.9 Å². The fourth-order valence-corrected chi connectivity index (χ4v) is 2.53. The van der Waals surface area contributed by atoms with Gasteiger partial charge < -0.3 is 9.47 Å². The smallest absolute Gasteiger partial charge is 0.193 e.